The summed E-state index contributed by atoms with van der Waals surface area (Å²) in [5, 5.41) is 10.6. The van der Waals surface area contributed by atoms with Gasteiger partial charge in [0, 0.05) is 25.2 Å². The number of amides is 1. The van der Waals surface area contributed by atoms with Gasteiger partial charge in [-0.1, -0.05) is 0 Å². The zero-order valence-corrected chi connectivity index (χ0v) is 13.2. The monoisotopic (exact) mass is 345 g/mol. The third kappa shape index (κ3) is 4.45. The van der Waals surface area contributed by atoms with Crippen molar-refractivity contribution < 1.29 is 22.5 Å². The number of hydrogen-bond acceptors (Lipinski definition) is 5. The van der Waals surface area contributed by atoms with Gasteiger partial charge < -0.3 is 4.90 Å². The summed E-state index contributed by atoms with van der Waals surface area (Å²) in [6, 6.07) is 2.41. The van der Waals surface area contributed by atoms with E-state index in [0.717, 1.165) is 18.4 Å². The van der Waals surface area contributed by atoms with Gasteiger partial charge in [-0.25, -0.2) is 17.5 Å². The summed E-state index contributed by atoms with van der Waals surface area (Å²) in [5.74, 6) is -1.58. The van der Waals surface area contributed by atoms with Crippen LogP contribution in [0.15, 0.2) is 18.2 Å². The zero-order valence-electron chi connectivity index (χ0n) is 12.4. The Morgan fingerprint density at radius 1 is 1.48 bits per heavy atom. The van der Waals surface area contributed by atoms with Gasteiger partial charge in [0.1, 0.15) is 5.82 Å². The number of halogens is 1. The summed E-state index contributed by atoms with van der Waals surface area (Å²) in [6.45, 7) is 0.500. The predicted molar refractivity (Wildman–Crippen MR) is 80.0 cm³/mol. The highest BCUT2D eigenvalue weighted by Gasteiger charge is 2.28. The van der Waals surface area contributed by atoms with Gasteiger partial charge in [0.15, 0.2) is 0 Å². The van der Waals surface area contributed by atoms with Crippen LogP contribution in [0.5, 0.6) is 0 Å². The highest BCUT2D eigenvalue weighted by atomic mass is 32.2. The average molecular weight is 345 g/mol. The van der Waals surface area contributed by atoms with Crippen LogP contribution in [0.25, 0.3) is 0 Å². The van der Waals surface area contributed by atoms with Crippen LogP contribution in [-0.4, -0.2) is 49.5 Å². The molecule has 10 heteroatoms. The van der Waals surface area contributed by atoms with Crippen molar-refractivity contribution in [3.63, 3.8) is 0 Å². The summed E-state index contributed by atoms with van der Waals surface area (Å²) in [4.78, 5) is 23.5. The second-order valence-electron chi connectivity index (χ2n) is 5.40. The van der Waals surface area contributed by atoms with Crippen LogP contribution in [0, 0.1) is 15.9 Å². The molecule has 23 heavy (non-hydrogen) atoms. The molecule has 1 N–H and O–H groups in total. The molecule has 0 saturated carbocycles. The minimum atomic E-state index is -3.40. The second kappa shape index (κ2) is 6.59. The molecular formula is C13H16FN3O5S. The predicted octanol–water partition coefficient (Wildman–Crippen LogP) is 0.888. The van der Waals surface area contributed by atoms with Crippen molar-refractivity contribution >= 4 is 21.6 Å². The number of nitrogens with one attached hydrogen (secondary N) is 1. The van der Waals surface area contributed by atoms with Crippen molar-refractivity contribution in [2.45, 2.75) is 18.9 Å². The molecule has 8 nitrogen and oxygen atoms in total. The lowest BCUT2D eigenvalue weighted by molar-refractivity contribution is -0.385. The number of nitro benzene ring substituents is 1. The van der Waals surface area contributed by atoms with Gasteiger partial charge in [-0.3, -0.25) is 14.9 Å². The number of nitro groups is 1. The number of carbonyl (C=O) groups excluding carboxylic acids is 1. The quantitative estimate of drug-likeness (QED) is 0.644. The number of likely N-dealkylation sites (tertiary alicyclic amines) is 1. The standard InChI is InChI=1S/C13H16FN3O5S/c1-23(21,22)15-9-3-2-6-16(8-9)13(18)11-5-4-10(17(19)20)7-12(11)14/h4-5,7,9,15H,2-3,6,8H2,1H3. The Labute approximate surface area is 132 Å². The number of rotatable bonds is 4. The maximum atomic E-state index is 13.9. The van der Waals surface area contributed by atoms with E-state index in [1.807, 2.05) is 0 Å². The number of sulfonamides is 1. The molecule has 0 radical (unpaired) electrons. The van der Waals surface area contributed by atoms with E-state index in [1.165, 1.54) is 4.90 Å². The third-order valence-electron chi connectivity index (χ3n) is 3.48. The summed E-state index contributed by atoms with van der Waals surface area (Å²) >= 11 is 0. The molecule has 1 aliphatic heterocycles. The van der Waals surface area contributed by atoms with Crippen LogP contribution in [0.3, 0.4) is 0 Å². The van der Waals surface area contributed by atoms with Crippen molar-refractivity contribution in [3.05, 3.63) is 39.7 Å². The van der Waals surface area contributed by atoms with E-state index >= 15 is 0 Å². The van der Waals surface area contributed by atoms with E-state index in [0.29, 0.717) is 25.5 Å². The highest BCUT2D eigenvalue weighted by Crippen LogP contribution is 2.20. The Balaban J connectivity index is 2.15. The normalized spacial score (nSPS) is 18.7. The molecule has 1 fully saturated rings. The Morgan fingerprint density at radius 2 is 2.17 bits per heavy atom. The third-order valence-corrected chi connectivity index (χ3v) is 4.24. The molecule has 0 spiro atoms. The molecule has 1 amide bonds. The molecule has 1 aliphatic rings. The summed E-state index contributed by atoms with van der Waals surface area (Å²) in [7, 11) is -3.40. The van der Waals surface area contributed by atoms with Crippen LogP contribution in [-0.2, 0) is 10.0 Å². The number of non-ortho nitro benzene ring substituents is 1. The van der Waals surface area contributed by atoms with Crippen molar-refractivity contribution in [2.75, 3.05) is 19.3 Å². The van der Waals surface area contributed by atoms with E-state index < -0.39 is 38.4 Å². The molecule has 1 unspecified atom stereocenters. The van der Waals surface area contributed by atoms with Crippen molar-refractivity contribution in [1.29, 1.82) is 0 Å². The van der Waals surface area contributed by atoms with Gasteiger partial charge in [0.05, 0.1) is 22.8 Å². The highest BCUT2D eigenvalue weighted by molar-refractivity contribution is 7.88. The van der Waals surface area contributed by atoms with Crippen LogP contribution in [0.2, 0.25) is 0 Å². The Kier molecular flexibility index (Phi) is 4.95. The topological polar surface area (TPSA) is 110 Å². The first-order valence-electron chi connectivity index (χ1n) is 6.88. The molecule has 2 rings (SSSR count). The van der Waals surface area contributed by atoms with Crippen molar-refractivity contribution in [1.82, 2.24) is 9.62 Å². The fraction of sp³-hybridized carbons (Fsp3) is 0.462. The number of benzene rings is 1. The fourth-order valence-electron chi connectivity index (χ4n) is 2.52. The molecule has 0 aromatic heterocycles. The first-order valence-corrected chi connectivity index (χ1v) is 8.77. The number of hydrogen-bond donors (Lipinski definition) is 1. The van der Waals surface area contributed by atoms with E-state index in [4.69, 9.17) is 0 Å². The SMILES string of the molecule is CS(=O)(=O)NC1CCCN(C(=O)c2ccc([N+](=O)[O-])cc2F)C1. The second-order valence-corrected chi connectivity index (χ2v) is 7.18. The van der Waals surface area contributed by atoms with E-state index in [-0.39, 0.29) is 12.1 Å². The summed E-state index contributed by atoms with van der Waals surface area (Å²) in [5.41, 5.74) is -0.704. The fourth-order valence-corrected chi connectivity index (χ4v) is 3.32. The molecule has 1 heterocycles. The Bertz CT molecular complexity index is 737. The van der Waals surface area contributed by atoms with Gasteiger partial charge in [-0.2, -0.15) is 0 Å². The maximum absolute atomic E-state index is 13.9. The minimum absolute atomic E-state index is 0.127. The van der Waals surface area contributed by atoms with Crippen LogP contribution in [0.1, 0.15) is 23.2 Å². The van der Waals surface area contributed by atoms with Gasteiger partial charge >= 0.3 is 0 Å². The lowest BCUT2D eigenvalue weighted by Gasteiger charge is -2.32. The smallest absolute Gasteiger partial charge is 0.272 e. The first-order chi connectivity index (χ1) is 10.7. The van der Waals surface area contributed by atoms with Gasteiger partial charge in [-0.05, 0) is 18.9 Å². The van der Waals surface area contributed by atoms with Gasteiger partial charge in [0.2, 0.25) is 10.0 Å². The number of nitrogens with zero attached hydrogens (tertiary/aromatic N) is 2. The molecular weight excluding hydrogens is 329 g/mol. The van der Waals surface area contributed by atoms with Gasteiger partial charge in [0.25, 0.3) is 11.6 Å². The summed E-state index contributed by atoms with van der Waals surface area (Å²) < 4.78 is 38.9. The van der Waals surface area contributed by atoms with Crippen molar-refractivity contribution in [3.8, 4) is 0 Å². The lowest BCUT2D eigenvalue weighted by atomic mass is 10.0. The van der Waals surface area contributed by atoms with Crippen LogP contribution in [0.4, 0.5) is 10.1 Å². The zero-order chi connectivity index (χ0) is 17.2. The Hall–Kier alpha value is -2.07. The maximum Gasteiger partial charge on any atom is 0.272 e. The molecule has 126 valence electrons. The first kappa shape index (κ1) is 17.3. The Morgan fingerprint density at radius 3 is 2.74 bits per heavy atom. The molecule has 1 atom stereocenters. The van der Waals surface area contributed by atoms with E-state index in [9.17, 15) is 27.7 Å². The molecule has 1 aromatic rings. The molecule has 1 aromatic carbocycles. The summed E-state index contributed by atoms with van der Waals surface area (Å²) in [6.07, 6.45) is 2.19. The van der Waals surface area contributed by atoms with Crippen LogP contribution >= 0.6 is 0 Å². The molecule has 0 bridgehead atoms. The lowest BCUT2D eigenvalue weighted by Crippen LogP contribution is -2.49. The largest absolute Gasteiger partial charge is 0.337 e. The van der Waals surface area contributed by atoms with Crippen LogP contribution < -0.4 is 4.72 Å². The average Bonchev–Trinajstić information content (AvgIpc) is 2.44. The molecule has 0 aliphatic carbocycles. The van der Waals surface area contributed by atoms with Gasteiger partial charge in [-0.15, -0.1) is 0 Å². The van der Waals surface area contributed by atoms with E-state index in [1.54, 1.807) is 0 Å². The minimum Gasteiger partial charge on any atom is -0.337 e. The number of piperidine rings is 1. The number of carbonyl (C=O) groups is 1. The van der Waals surface area contributed by atoms with Crippen molar-refractivity contribution in [2.24, 2.45) is 0 Å². The van der Waals surface area contributed by atoms with E-state index in [2.05, 4.69) is 4.72 Å². The molecule has 1 saturated heterocycles.